The zero-order chi connectivity index (χ0) is 13.1. The highest BCUT2D eigenvalue weighted by Crippen LogP contribution is 2.14. The van der Waals surface area contributed by atoms with Crippen molar-refractivity contribution in [2.45, 2.75) is 39.2 Å². The Hall–Kier alpha value is -0.960. The zero-order valence-electron chi connectivity index (χ0n) is 11.1. The maximum atomic E-state index is 13.4. The summed E-state index contributed by atoms with van der Waals surface area (Å²) >= 11 is 0. The average Bonchev–Trinajstić information content (AvgIpc) is 2.19. The van der Waals surface area contributed by atoms with E-state index < -0.39 is 11.6 Å². The molecule has 0 radical (unpaired) electrons. The Kier molecular flexibility index (Phi) is 4.63. The number of aryl methyl sites for hydroxylation is 1. The van der Waals surface area contributed by atoms with E-state index in [4.69, 9.17) is 0 Å². The third-order valence-electron chi connectivity index (χ3n) is 3.10. The molecule has 1 rings (SSSR count). The molecule has 0 aliphatic carbocycles. The third-order valence-corrected chi connectivity index (χ3v) is 3.10. The van der Waals surface area contributed by atoms with Crippen molar-refractivity contribution in [2.24, 2.45) is 0 Å². The van der Waals surface area contributed by atoms with Crippen molar-refractivity contribution < 1.29 is 8.78 Å². The van der Waals surface area contributed by atoms with Gasteiger partial charge in [0.1, 0.15) is 11.6 Å². The molecule has 0 aliphatic heterocycles. The predicted octanol–water partition coefficient (Wildman–Crippen LogP) is 3.63. The minimum atomic E-state index is -0.516. The Morgan fingerprint density at radius 2 is 1.82 bits per heavy atom. The van der Waals surface area contributed by atoms with Gasteiger partial charge in [-0.15, -0.1) is 0 Å². The number of nitrogens with zero attached hydrogens (tertiary/aromatic N) is 1. The van der Waals surface area contributed by atoms with Gasteiger partial charge >= 0.3 is 0 Å². The molecule has 1 nitrogen and oxygen atoms in total. The van der Waals surface area contributed by atoms with Crippen LogP contribution >= 0.6 is 0 Å². The molecule has 1 aromatic rings. The van der Waals surface area contributed by atoms with Gasteiger partial charge < -0.3 is 4.90 Å². The summed E-state index contributed by atoms with van der Waals surface area (Å²) in [4.78, 5) is 2.23. The fourth-order valence-electron chi connectivity index (χ4n) is 1.57. The minimum absolute atomic E-state index is 0.126. The van der Waals surface area contributed by atoms with Crippen LogP contribution in [-0.4, -0.2) is 24.0 Å². The van der Waals surface area contributed by atoms with Crippen LogP contribution in [0.15, 0.2) is 18.2 Å². The maximum absolute atomic E-state index is 13.4. The summed E-state index contributed by atoms with van der Waals surface area (Å²) in [6.07, 6.45) is 1.52. The fourth-order valence-corrected chi connectivity index (χ4v) is 1.57. The van der Waals surface area contributed by atoms with E-state index >= 15 is 0 Å². The molecule has 17 heavy (non-hydrogen) atoms. The van der Waals surface area contributed by atoms with Crippen LogP contribution in [0, 0.1) is 11.6 Å². The summed E-state index contributed by atoms with van der Waals surface area (Å²) in [5, 5.41) is 0. The highest BCUT2D eigenvalue weighted by molar-refractivity contribution is 5.18. The van der Waals surface area contributed by atoms with E-state index in [0.29, 0.717) is 12.0 Å². The molecule has 0 N–H and O–H groups in total. The van der Waals surface area contributed by atoms with Crippen LogP contribution in [0.25, 0.3) is 0 Å². The predicted molar refractivity (Wildman–Crippen MR) is 67.1 cm³/mol. The van der Waals surface area contributed by atoms with Crippen molar-refractivity contribution in [2.75, 3.05) is 13.6 Å². The first-order chi connectivity index (χ1) is 7.80. The molecule has 0 aromatic heterocycles. The van der Waals surface area contributed by atoms with Gasteiger partial charge in [0.05, 0.1) is 0 Å². The van der Waals surface area contributed by atoms with Crippen molar-refractivity contribution in [3.8, 4) is 0 Å². The average molecular weight is 241 g/mol. The molecule has 0 saturated heterocycles. The van der Waals surface area contributed by atoms with E-state index in [9.17, 15) is 8.78 Å². The van der Waals surface area contributed by atoms with E-state index in [-0.39, 0.29) is 5.54 Å². The summed E-state index contributed by atoms with van der Waals surface area (Å²) in [6.45, 7) is 7.34. The smallest absolute Gasteiger partial charge is 0.129 e. The van der Waals surface area contributed by atoms with Crippen LogP contribution in [0.2, 0.25) is 0 Å². The van der Waals surface area contributed by atoms with Crippen LogP contribution in [-0.2, 0) is 6.42 Å². The van der Waals surface area contributed by atoms with Gasteiger partial charge in [0.2, 0.25) is 0 Å². The summed E-state index contributed by atoms with van der Waals surface area (Å²) < 4.78 is 26.1. The summed E-state index contributed by atoms with van der Waals surface area (Å²) in [5.41, 5.74) is 0.718. The van der Waals surface area contributed by atoms with Crippen molar-refractivity contribution in [3.05, 3.63) is 35.4 Å². The molecule has 0 fully saturated rings. The zero-order valence-corrected chi connectivity index (χ0v) is 11.1. The lowest BCUT2D eigenvalue weighted by Gasteiger charge is -2.31. The SMILES string of the molecule is CN(CCCc1ccc(F)cc1F)C(C)(C)C. The van der Waals surface area contributed by atoms with E-state index in [1.807, 2.05) is 0 Å². The van der Waals surface area contributed by atoms with Gasteiger partial charge in [-0.2, -0.15) is 0 Å². The van der Waals surface area contributed by atoms with Gasteiger partial charge in [-0.3, -0.25) is 0 Å². The maximum Gasteiger partial charge on any atom is 0.129 e. The van der Waals surface area contributed by atoms with Crippen molar-refractivity contribution in [3.63, 3.8) is 0 Å². The molecule has 3 heteroatoms. The number of benzene rings is 1. The first-order valence-electron chi connectivity index (χ1n) is 5.96. The Balaban J connectivity index is 2.46. The molecular weight excluding hydrogens is 220 g/mol. The van der Waals surface area contributed by atoms with Crippen molar-refractivity contribution in [1.82, 2.24) is 4.90 Å². The van der Waals surface area contributed by atoms with Gasteiger partial charge in [-0.1, -0.05) is 6.07 Å². The van der Waals surface area contributed by atoms with Crippen LogP contribution in [0.4, 0.5) is 8.78 Å². The Morgan fingerprint density at radius 3 is 2.35 bits per heavy atom. The summed E-state index contributed by atoms with van der Waals surface area (Å²) in [5.74, 6) is -0.957. The Bertz CT molecular complexity index is 369. The molecule has 1 aromatic carbocycles. The largest absolute Gasteiger partial charge is 0.302 e. The van der Waals surface area contributed by atoms with Crippen LogP contribution in [0.3, 0.4) is 0 Å². The third kappa shape index (κ3) is 4.43. The normalized spacial score (nSPS) is 12.2. The topological polar surface area (TPSA) is 3.24 Å². The molecule has 0 unspecified atom stereocenters. The van der Waals surface area contributed by atoms with E-state index in [1.54, 1.807) is 0 Å². The van der Waals surface area contributed by atoms with E-state index in [2.05, 4.69) is 32.7 Å². The van der Waals surface area contributed by atoms with Gasteiger partial charge in [-0.25, -0.2) is 8.78 Å². The fraction of sp³-hybridized carbons (Fsp3) is 0.571. The second-order valence-electron chi connectivity index (χ2n) is 5.43. The Morgan fingerprint density at radius 1 is 1.18 bits per heavy atom. The lowest BCUT2D eigenvalue weighted by Crippen LogP contribution is -2.38. The van der Waals surface area contributed by atoms with Crippen LogP contribution in [0.1, 0.15) is 32.8 Å². The second-order valence-corrected chi connectivity index (χ2v) is 5.43. The number of hydrogen-bond donors (Lipinski definition) is 0. The number of rotatable bonds is 4. The Labute approximate surface area is 102 Å². The molecule has 96 valence electrons. The first kappa shape index (κ1) is 14.1. The summed E-state index contributed by atoms with van der Waals surface area (Å²) in [6, 6.07) is 3.79. The highest BCUT2D eigenvalue weighted by atomic mass is 19.1. The monoisotopic (exact) mass is 241 g/mol. The lowest BCUT2D eigenvalue weighted by molar-refractivity contribution is 0.174. The molecule has 0 spiro atoms. The van der Waals surface area contributed by atoms with Crippen molar-refractivity contribution in [1.29, 1.82) is 0 Å². The molecule has 0 heterocycles. The number of hydrogen-bond acceptors (Lipinski definition) is 1. The van der Waals surface area contributed by atoms with Gasteiger partial charge in [0.25, 0.3) is 0 Å². The lowest BCUT2D eigenvalue weighted by atomic mass is 10.0. The molecule has 0 amide bonds. The van der Waals surface area contributed by atoms with Gasteiger partial charge in [0.15, 0.2) is 0 Å². The van der Waals surface area contributed by atoms with E-state index in [1.165, 1.54) is 12.1 Å². The molecule has 0 atom stereocenters. The van der Waals surface area contributed by atoms with Gasteiger partial charge in [0, 0.05) is 11.6 Å². The van der Waals surface area contributed by atoms with Crippen LogP contribution in [0.5, 0.6) is 0 Å². The van der Waals surface area contributed by atoms with Gasteiger partial charge in [-0.05, 0) is 58.8 Å². The van der Waals surface area contributed by atoms with Crippen LogP contribution < -0.4 is 0 Å². The van der Waals surface area contributed by atoms with E-state index in [0.717, 1.165) is 19.0 Å². The standard InChI is InChI=1S/C14H21F2N/c1-14(2,3)17(4)9-5-6-11-7-8-12(15)10-13(11)16/h7-8,10H,5-6,9H2,1-4H3. The number of halogens is 2. The minimum Gasteiger partial charge on any atom is -0.302 e. The first-order valence-corrected chi connectivity index (χ1v) is 5.96. The highest BCUT2D eigenvalue weighted by Gasteiger charge is 2.16. The molecular formula is C14H21F2N. The molecule has 0 aliphatic rings. The molecule has 0 saturated carbocycles. The quantitative estimate of drug-likeness (QED) is 0.778. The molecule has 0 bridgehead atoms. The van der Waals surface area contributed by atoms with Crippen molar-refractivity contribution >= 4 is 0 Å². The second kappa shape index (κ2) is 5.58. The summed E-state index contributed by atoms with van der Waals surface area (Å²) in [7, 11) is 2.06.